The molecule has 3 aliphatic rings. The molecule has 0 spiro atoms. The first kappa shape index (κ1) is 19.7. The fourth-order valence-corrected chi connectivity index (χ4v) is 4.40. The van der Waals surface area contributed by atoms with Crippen LogP contribution in [0.4, 0.5) is 0 Å². The SMILES string of the molecule is CCO[C@H]1OC(C(=O)N2CCCCCCC2)=C[C@@H](C2CC2)[C@H]1CCCO. The van der Waals surface area contributed by atoms with Gasteiger partial charge in [-0.1, -0.05) is 19.3 Å². The molecule has 0 bridgehead atoms. The number of carbonyl (C=O) groups is 1. The van der Waals surface area contributed by atoms with Crippen LogP contribution in [0.5, 0.6) is 0 Å². The van der Waals surface area contributed by atoms with E-state index in [1.165, 1.54) is 32.1 Å². The lowest BCUT2D eigenvalue weighted by Crippen LogP contribution is -2.42. The molecule has 26 heavy (non-hydrogen) atoms. The molecular weight excluding hydrogens is 330 g/mol. The lowest BCUT2D eigenvalue weighted by molar-refractivity contribution is -0.177. The Balaban J connectivity index is 1.75. The van der Waals surface area contributed by atoms with E-state index < -0.39 is 0 Å². The minimum atomic E-state index is -0.365. The Morgan fingerprint density at radius 1 is 1.23 bits per heavy atom. The van der Waals surface area contributed by atoms with Crippen LogP contribution in [-0.4, -0.2) is 48.5 Å². The van der Waals surface area contributed by atoms with Crippen LogP contribution in [0, 0.1) is 17.8 Å². The maximum Gasteiger partial charge on any atom is 0.288 e. The first-order chi connectivity index (χ1) is 12.7. The average Bonchev–Trinajstić information content (AvgIpc) is 3.44. The predicted octanol–water partition coefficient (Wildman–Crippen LogP) is 3.47. The van der Waals surface area contributed by atoms with Crippen molar-refractivity contribution in [3.8, 4) is 0 Å². The molecule has 0 aromatic heterocycles. The molecule has 1 amide bonds. The number of aliphatic hydroxyl groups is 1. The first-order valence-electron chi connectivity index (χ1n) is 10.6. The summed E-state index contributed by atoms with van der Waals surface area (Å²) in [6, 6.07) is 0. The van der Waals surface area contributed by atoms with Gasteiger partial charge >= 0.3 is 0 Å². The molecule has 5 nitrogen and oxygen atoms in total. The molecular formula is C21H35NO4. The number of carbonyl (C=O) groups excluding carboxylic acids is 1. The molecule has 1 N–H and O–H groups in total. The summed E-state index contributed by atoms with van der Waals surface area (Å²) in [6.45, 7) is 4.40. The molecule has 0 aromatic rings. The first-order valence-corrected chi connectivity index (χ1v) is 10.6. The number of rotatable bonds is 7. The molecule has 1 saturated carbocycles. The van der Waals surface area contributed by atoms with Gasteiger partial charge in [-0.25, -0.2) is 0 Å². The highest BCUT2D eigenvalue weighted by Crippen LogP contribution is 2.47. The number of aliphatic hydroxyl groups excluding tert-OH is 1. The molecule has 3 atom stereocenters. The number of ether oxygens (including phenoxy) is 2. The summed E-state index contributed by atoms with van der Waals surface area (Å²) in [5, 5.41) is 9.26. The van der Waals surface area contributed by atoms with Crippen LogP contribution in [0.3, 0.4) is 0 Å². The summed E-state index contributed by atoms with van der Waals surface area (Å²) in [6.07, 6.45) is 11.7. The van der Waals surface area contributed by atoms with Crippen molar-refractivity contribution in [2.75, 3.05) is 26.3 Å². The lowest BCUT2D eigenvalue weighted by Gasteiger charge is -2.38. The second-order valence-electron chi connectivity index (χ2n) is 7.98. The molecule has 3 rings (SSSR count). The van der Waals surface area contributed by atoms with Crippen LogP contribution >= 0.6 is 0 Å². The second-order valence-corrected chi connectivity index (χ2v) is 7.98. The van der Waals surface area contributed by atoms with Gasteiger partial charge in [-0.3, -0.25) is 4.79 Å². The number of nitrogens with zero attached hydrogens (tertiary/aromatic N) is 1. The Morgan fingerprint density at radius 3 is 2.54 bits per heavy atom. The Hall–Kier alpha value is -1.07. The molecule has 0 unspecified atom stereocenters. The van der Waals surface area contributed by atoms with Gasteiger partial charge in [0.2, 0.25) is 6.29 Å². The zero-order chi connectivity index (χ0) is 18.4. The molecule has 0 aromatic carbocycles. The summed E-state index contributed by atoms with van der Waals surface area (Å²) in [7, 11) is 0. The highest BCUT2D eigenvalue weighted by Gasteiger charge is 2.44. The summed E-state index contributed by atoms with van der Waals surface area (Å²) in [5.41, 5.74) is 0. The summed E-state index contributed by atoms with van der Waals surface area (Å²) >= 11 is 0. The Kier molecular flexibility index (Phi) is 7.38. The van der Waals surface area contributed by atoms with Crippen LogP contribution in [0.1, 0.15) is 64.7 Å². The summed E-state index contributed by atoms with van der Waals surface area (Å²) in [5.74, 6) is 1.75. The molecule has 0 radical (unpaired) electrons. The van der Waals surface area contributed by atoms with E-state index in [0.29, 0.717) is 24.2 Å². The van der Waals surface area contributed by atoms with Crippen molar-refractivity contribution < 1.29 is 19.4 Å². The van der Waals surface area contributed by atoms with E-state index in [1.54, 1.807) is 0 Å². The van der Waals surface area contributed by atoms with Crippen LogP contribution in [-0.2, 0) is 14.3 Å². The van der Waals surface area contributed by atoms with E-state index in [0.717, 1.165) is 38.8 Å². The number of amides is 1. The highest BCUT2D eigenvalue weighted by atomic mass is 16.7. The topological polar surface area (TPSA) is 59.0 Å². The third kappa shape index (κ3) is 5.01. The van der Waals surface area contributed by atoms with E-state index in [-0.39, 0.29) is 24.7 Å². The molecule has 2 aliphatic heterocycles. The van der Waals surface area contributed by atoms with Gasteiger partial charge in [-0.2, -0.15) is 0 Å². The zero-order valence-electron chi connectivity index (χ0n) is 16.2. The number of allylic oxidation sites excluding steroid dienone is 1. The van der Waals surface area contributed by atoms with Crippen LogP contribution < -0.4 is 0 Å². The van der Waals surface area contributed by atoms with Gasteiger partial charge < -0.3 is 19.5 Å². The van der Waals surface area contributed by atoms with E-state index in [2.05, 4.69) is 6.08 Å². The number of hydrogen-bond donors (Lipinski definition) is 1. The standard InChI is InChI=1S/C21H35NO4/c1-2-25-21-17(9-8-14-23)18(16-10-11-16)15-19(26-21)20(24)22-12-6-4-3-5-7-13-22/h15-18,21,23H,2-14H2,1H3/t17-,18+,21+/m1/s1. The number of hydrogen-bond acceptors (Lipinski definition) is 4. The van der Waals surface area contributed by atoms with Crippen molar-refractivity contribution in [2.45, 2.75) is 71.0 Å². The largest absolute Gasteiger partial charge is 0.459 e. The van der Waals surface area contributed by atoms with Gasteiger partial charge in [-0.05, 0) is 63.4 Å². The van der Waals surface area contributed by atoms with Gasteiger partial charge in [0.25, 0.3) is 5.91 Å². The molecule has 1 saturated heterocycles. The normalized spacial score (nSPS) is 30.2. The maximum atomic E-state index is 13.1. The van der Waals surface area contributed by atoms with Crippen LogP contribution in [0.15, 0.2) is 11.8 Å². The van der Waals surface area contributed by atoms with Gasteiger partial charge in [0, 0.05) is 32.2 Å². The lowest BCUT2D eigenvalue weighted by atomic mass is 9.82. The summed E-state index contributed by atoms with van der Waals surface area (Å²) in [4.78, 5) is 15.1. The third-order valence-corrected chi connectivity index (χ3v) is 5.98. The second kappa shape index (κ2) is 9.75. The Labute approximate surface area is 157 Å². The van der Waals surface area contributed by atoms with Crippen molar-refractivity contribution in [1.82, 2.24) is 4.90 Å². The minimum absolute atomic E-state index is 0.0443. The smallest absolute Gasteiger partial charge is 0.288 e. The van der Waals surface area contributed by atoms with Crippen molar-refractivity contribution in [1.29, 1.82) is 0 Å². The predicted molar refractivity (Wildman–Crippen MR) is 100 cm³/mol. The van der Waals surface area contributed by atoms with Gasteiger partial charge in [0.05, 0.1) is 0 Å². The maximum absolute atomic E-state index is 13.1. The molecule has 2 fully saturated rings. The fourth-order valence-electron chi connectivity index (χ4n) is 4.40. The van der Waals surface area contributed by atoms with Crippen LogP contribution in [0.25, 0.3) is 0 Å². The quantitative estimate of drug-likeness (QED) is 0.750. The minimum Gasteiger partial charge on any atom is -0.459 e. The monoisotopic (exact) mass is 365 g/mol. The van der Waals surface area contributed by atoms with Crippen molar-refractivity contribution in [3.63, 3.8) is 0 Å². The van der Waals surface area contributed by atoms with E-state index in [9.17, 15) is 9.90 Å². The third-order valence-electron chi connectivity index (χ3n) is 5.98. The van der Waals surface area contributed by atoms with Gasteiger partial charge in [0.1, 0.15) is 0 Å². The Bertz CT molecular complexity index is 480. The van der Waals surface area contributed by atoms with E-state index >= 15 is 0 Å². The summed E-state index contributed by atoms with van der Waals surface area (Å²) < 4.78 is 12.0. The van der Waals surface area contributed by atoms with E-state index in [4.69, 9.17) is 9.47 Å². The zero-order valence-corrected chi connectivity index (χ0v) is 16.2. The molecule has 2 heterocycles. The highest BCUT2D eigenvalue weighted by molar-refractivity contribution is 5.91. The average molecular weight is 366 g/mol. The van der Waals surface area contributed by atoms with Crippen molar-refractivity contribution >= 4 is 5.91 Å². The molecule has 1 aliphatic carbocycles. The fraction of sp³-hybridized carbons (Fsp3) is 0.857. The number of likely N-dealkylation sites (tertiary alicyclic amines) is 1. The van der Waals surface area contributed by atoms with E-state index in [1.807, 2.05) is 11.8 Å². The van der Waals surface area contributed by atoms with Crippen LogP contribution in [0.2, 0.25) is 0 Å². The van der Waals surface area contributed by atoms with Gasteiger partial charge in [0.15, 0.2) is 5.76 Å². The van der Waals surface area contributed by atoms with Crippen molar-refractivity contribution in [2.24, 2.45) is 17.8 Å². The van der Waals surface area contributed by atoms with Gasteiger partial charge in [-0.15, -0.1) is 0 Å². The molecule has 5 heteroatoms. The molecule has 148 valence electrons. The Morgan fingerprint density at radius 2 is 1.92 bits per heavy atom. The van der Waals surface area contributed by atoms with Crippen molar-refractivity contribution in [3.05, 3.63) is 11.8 Å².